The zero-order valence-corrected chi connectivity index (χ0v) is 23.7. The molecule has 1 atom stereocenters. The monoisotopic (exact) mass is 606 g/mol. The molecule has 1 fully saturated rings. The molecule has 1 aromatic heterocycles. The number of benzene rings is 2. The highest BCUT2D eigenvalue weighted by atomic mass is 35.5. The van der Waals surface area contributed by atoms with Crippen molar-refractivity contribution in [3.63, 3.8) is 0 Å². The molecule has 1 saturated heterocycles. The number of hydrogen-bond acceptors (Lipinski definition) is 5. The number of carbonyl (C=O) groups excluding carboxylic acids is 1. The summed E-state index contributed by atoms with van der Waals surface area (Å²) < 4.78 is 69.0. The minimum Gasteiger partial charge on any atom is -0.371 e. The number of aryl methyl sites for hydroxylation is 1. The molecular formula is C29H30ClF3N4O3S. The van der Waals surface area contributed by atoms with Crippen LogP contribution in [0.4, 0.5) is 18.9 Å². The van der Waals surface area contributed by atoms with E-state index in [1.165, 1.54) is 0 Å². The molecule has 5 rings (SSSR count). The normalized spacial score (nSPS) is 18.1. The van der Waals surface area contributed by atoms with Crippen LogP contribution in [0.1, 0.15) is 58.6 Å². The number of aromatic nitrogens is 1. The number of rotatable bonds is 7. The highest BCUT2D eigenvalue weighted by Gasteiger charge is 2.39. The molecule has 3 aromatic rings. The van der Waals surface area contributed by atoms with Gasteiger partial charge in [0.1, 0.15) is 4.90 Å². The number of carbonyl (C=O) groups is 1. The number of alkyl halides is 3. The summed E-state index contributed by atoms with van der Waals surface area (Å²) in [5.74, 6) is -0.507. The molecule has 2 heterocycles. The molecule has 41 heavy (non-hydrogen) atoms. The lowest BCUT2D eigenvalue weighted by molar-refractivity contribution is -0.139. The van der Waals surface area contributed by atoms with Crippen LogP contribution in [0.25, 0.3) is 0 Å². The summed E-state index contributed by atoms with van der Waals surface area (Å²) in [5, 5.41) is 2.62. The molecule has 0 spiro atoms. The van der Waals surface area contributed by atoms with E-state index in [1.807, 2.05) is 18.2 Å². The first-order valence-electron chi connectivity index (χ1n) is 13.5. The molecule has 1 amide bonds. The summed E-state index contributed by atoms with van der Waals surface area (Å²) >= 11 is 5.93. The van der Waals surface area contributed by atoms with Gasteiger partial charge in [0.2, 0.25) is 10.0 Å². The minimum absolute atomic E-state index is 0.0256. The molecule has 1 aliphatic heterocycles. The average molecular weight is 607 g/mol. The fraction of sp³-hybridized carbons (Fsp3) is 0.379. The number of halogens is 4. The first-order chi connectivity index (χ1) is 19.5. The molecule has 2 aliphatic rings. The Bertz CT molecular complexity index is 1510. The smallest absolute Gasteiger partial charge is 0.371 e. The predicted octanol–water partition coefficient (Wildman–Crippen LogP) is 5.55. The number of pyridine rings is 1. The minimum atomic E-state index is -4.88. The van der Waals surface area contributed by atoms with E-state index in [-0.39, 0.29) is 24.4 Å². The topological polar surface area (TPSA) is 91.4 Å². The van der Waals surface area contributed by atoms with Gasteiger partial charge in [-0.15, -0.1) is 0 Å². The van der Waals surface area contributed by atoms with E-state index in [2.05, 4.69) is 19.9 Å². The number of amides is 1. The predicted molar refractivity (Wildman–Crippen MR) is 151 cm³/mol. The van der Waals surface area contributed by atoms with Crippen LogP contribution in [0.5, 0.6) is 0 Å². The maximum atomic E-state index is 13.5. The molecule has 7 nitrogen and oxygen atoms in total. The van der Waals surface area contributed by atoms with Crippen molar-refractivity contribution in [2.24, 2.45) is 0 Å². The van der Waals surface area contributed by atoms with Gasteiger partial charge < -0.3 is 10.2 Å². The van der Waals surface area contributed by atoms with Gasteiger partial charge in [-0.05, 0) is 85.5 Å². The van der Waals surface area contributed by atoms with E-state index >= 15 is 0 Å². The number of nitrogens with zero attached hydrogens (tertiary/aromatic N) is 2. The standard InChI is InChI=1S/C29H30ClF3N4O3S/c30-26-6-2-5-25(29(31,32)33)27(26)41(39,40)35-18-21-4-1-3-19-7-8-20(17-24(19)21)28(38)36-22-11-15-37(16-12-22)23-9-13-34-14-10-23/h2,5-10,13-14,17,21-22,35H,1,3-4,11-12,15-16,18H2,(H,36,38). The molecule has 2 N–H and O–H groups in total. The van der Waals surface area contributed by atoms with Crippen molar-refractivity contribution >= 4 is 33.2 Å². The zero-order chi connectivity index (χ0) is 29.2. The third-order valence-electron chi connectivity index (χ3n) is 7.77. The van der Waals surface area contributed by atoms with Crippen molar-refractivity contribution in [2.75, 3.05) is 24.5 Å². The van der Waals surface area contributed by atoms with Crippen LogP contribution in [0.2, 0.25) is 5.02 Å². The lowest BCUT2D eigenvalue weighted by Crippen LogP contribution is -2.44. The summed E-state index contributed by atoms with van der Waals surface area (Å²) in [6.07, 6.45) is 2.42. The van der Waals surface area contributed by atoms with Crippen LogP contribution in [-0.2, 0) is 22.6 Å². The number of nitrogens with one attached hydrogen (secondary N) is 2. The first-order valence-corrected chi connectivity index (χ1v) is 15.3. The summed E-state index contributed by atoms with van der Waals surface area (Å²) in [6.45, 7) is 1.50. The van der Waals surface area contributed by atoms with Gasteiger partial charge in [0.25, 0.3) is 5.91 Å². The fourth-order valence-corrected chi connectivity index (χ4v) is 7.49. The molecule has 1 unspecified atom stereocenters. The van der Waals surface area contributed by atoms with E-state index in [9.17, 15) is 26.4 Å². The maximum absolute atomic E-state index is 13.5. The SMILES string of the molecule is O=C(NC1CCN(c2ccncc2)CC1)c1ccc2c(c1)C(CNS(=O)(=O)c1c(Cl)cccc1C(F)(F)F)CCC2. The Morgan fingerprint density at radius 3 is 2.49 bits per heavy atom. The number of fused-ring (bicyclic) bond motifs is 1. The summed E-state index contributed by atoms with van der Waals surface area (Å²) in [4.78, 5) is 18.5. The Labute approximate surface area is 242 Å². The molecule has 12 heteroatoms. The van der Waals surface area contributed by atoms with Gasteiger partial charge in [-0.25, -0.2) is 13.1 Å². The zero-order valence-electron chi connectivity index (χ0n) is 22.1. The molecule has 0 bridgehead atoms. The lowest BCUT2D eigenvalue weighted by atomic mass is 9.82. The second-order valence-electron chi connectivity index (χ2n) is 10.4. The third-order valence-corrected chi connectivity index (χ3v) is 9.72. The van der Waals surface area contributed by atoms with Crippen molar-refractivity contribution in [3.05, 3.63) is 88.2 Å². The van der Waals surface area contributed by atoms with Gasteiger partial charge in [-0.1, -0.05) is 23.7 Å². The Morgan fingerprint density at radius 1 is 1.05 bits per heavy atom. The molecule has 0 saturated carbocycles. The van der Waals surface area contributed by atoms with Crippen LogP contribution >= 0.6 is 11.6 Å². The molecular weight excluding hydrogens is 577 g/mol. The van der Waals surface area contributed by atoms with Gasteiger partial charge in [-0.3, -0.25) is 9.78 Å². The van der Waals surface area contributed by atoms with E-state index < -0.39 is 31.7 Å². The van der Waals surface area contributed by atoms with Crippen LogP contribution < -0.4 is 14.9 Å². The van der Waals surface area contributed by atoms with Gasteiger partial charge in [-0.2, -0.15) is 13.2 Å². The van der Waals surface area contributed by atoms with Gasteiger partial charge >= 0.3 is 6.18 Å². The Balaban J connectivity index is 1.26. The van der Waals surface area contributed by atoms with Crippen molar-refractivity contribution in [1.29, 1.82) is 0 Å². The lowest BCUT2D eigenvalue weighted by Gasteiger charge is -2.34. The van der Waals surface area contributed by atoms with Crippen molar-refractivity contribution < 1.29 is 26.4 Å². The highest BCUT2D eigenvalue weighted by Crippen LogP contribution is 2.38. The number of anilines is 1. The second-order valence-corrected chi connectivity index (χ2v) is 12.5. The van der Waals surface area contributed by atoms with Gasteiger partial charge in [0, 0.05) is 49.3 Å². The Morgan fingerprint density at radius 2 is 1.78 bits per heavy atom. The summed E-state index contributed by atoms with van der Waals surface area (Å²) in [7, 11) is -4.57. The van der Waals surface area contributed by atoms with E-state index in [1.54, 1.807) is 24.5 Å². The Hall–Kier alpha value is -3.15. The number of hydrogen-bond donors (Lipinski definition) is 2. The highest BCUT2D eigenvalue weighted by molar-refractivity contribution is 7.89. The fourth-order valence-electron chi connectivity index (χ4n) is 5.64. The quantitative estimate of drug-likeness (QED) is 0.368. The van der Waals surface area contributed by atoms with E-state index in [4.69, 9.17) is 11.6 Å². The average Bonchev–Trinajstić information content (AvgIpc) is 2.96. The number of sulfonamides is 1. The first kappa shape index (κ1) is 29.3. The second kappa shape index (κ2) is 12.0. The molecule has 2 aromatic carbocycles. The van der Waals surface area contributed by atoms with Crippen LogP contribution in [0.3, 0.4) is 0 Å². The van der Waals surface area contributed by atoms with E-state index in [0.29, 0.717) is 18.1 Å². The third kappa shape index (κ3) is 6.68. The van der Waals surface area contributed by atoms with Crippen molar-refractivity contribution in [2.45, 2.75) is 55.1 Å². The maximum Gasteiger partial charge on any atom is 0.417 e. The van der Waals surface area contributed by atoms with Gasteiger partial charge in [0.05, 0.1) is 10.6 Å². The van der Waals surface area contributed by atoms with Crippen LogP contribution in [0, 0.1) is 0 Å². The Kier molecular flexibility index (Phi) is 8.58. The van der Waals surface area contributed by atoms with E-state index in [0.717, 1.165) is 67.7 Å². The summed E-state index contributed by atoms with van der Waals surface area (Å²) in [5.41, 5.74) is 2.09. The molecule has 218 valence electrons. The summed E-state index contributed by atoms with van der Waals surface area (Å²) in [6, 6.07) is 12.3. The van der Waals surface area contributed by atoms with Crippen molar-refractivity contribution in [3.8, 4) is 0 Å². The number of piperidine rings is 1. The molecule has 0 radical (unpaired) electrons. The van der Waals surface area contributed by atoms with Crippen LogP contribution in [-0.4, -0.2) is 45.0 Å². The van der Waals surface area contributed by atoms with Crippen LogP contribution in [0.15, 0.2) is 65.8 Å². The molecule has 1 aliphatic carbocycles. The van der Waals surface area contributed by atoms with Gasteiger partial charge in [0.15, 0.2) is 0 Å². The van der Waals surface area contributed by atoms with Crippen molar-refractivity contribution in [1.82, 2.24) is 15.0 Å². The largest absolute Gasteiger partial charge is 0.417 e.